The molecule has 0 saturated heterocycles. The van der Waals surface area contributed by atoms with Gasteiger partial charge >= 0.3 is 0 Å². The lowest BCUT2D eigenvalue weighted by Crippen LogP contribution is -2.34. The van der Waals surface area contributed by atoms with Crippen molar-refractivity contribution in [3.63, 3.8) is 0 Å². The molecule has 4 nitrogen and oxygen atoms in total. The fourth-order valence-corrected chi connectivity index (χ4v) is 4.40. The number of fused-ring (bicyclic) bond motifs is 1. The van der Waals surface area contributed by atoms with Gasteiger partial charge in [0.2, 0.25) is 0 Å². The highest BCUT2D eigenvalue weighted by Gasteiger charge is 2.12. The molecule has 156 valence electrons. The Morgan fingerprint density at radius 1 is 1.03 bits per heavy atom. The lowest BCUT2D eigenvalue weighted by molar-refractivity contribution is 0.0977. The van der Waals surface area contributed by atoms with Crippen LogP contribution in [0, 0.1) is 6.92 Å². The van der Waals surface area contributed by atoms with Crippen molar-refractivity contribution in [1.29, 1.82) is 0 Å². The third kappa shape index (κ3) is 4.81. The van der Waals surface area contributed by atoms with E-state index in [0.717, 1.165) is 32.0 Å². The Hall–Kier alpha value is -3.09. The Morgan fingerprint density at radius 2 is 1.77 bits per heavy atom. The van der Waals surface area contributed by atoms with Gasteiger partial charge < -0.3 is 5.32 Å². The SMILES string of the molecule is Cc1ccc(-c2nc3ccccc3s2)cc1NC(=S)NC(=O)c1ccc(C(C)C)cc1. The van der Waals surface area contributed by atoms with Crippen LogP contribution in [0.15, 0.2) is 66.7 Å². The number of hydrogen-bond acceptors (Lipinski definition) is 4. The molecule has 0 unspecified atom stereocenters. The summed E-state index contributed by atoms with van der Waals surface area (Å²) in [6.45, 7) is 6.25. The lowest BCUT2D eigenvalue weighted by Gasteiger charge is -2.13. The number of carbonyl (C=O) groups excluding carboxylic acids is 1. The molecule has 4 rings (SSSR count). The van der Waals surface area contributed by atoms with Crippen molar-refractivity contribution in [2.75, 3.05) is 5.32 Å². The first-order valence-electron chi connectivity index (χ1n) is 10.1. The number of aromatic nitrogens is 1. The molecule has 0 bridgehead atoms. The van der Waals surface area contributed by atoms with E-state index in [1.807, 2.05) is 61.5 Å². The van der Waals surface area contributed by atoms with Crippen LogP contribution in [0.5, 0.6) is 0 Å². The average Bonchev–Trinajstić information content (AvgIpc) is 3.19. The molecule has 1 heterocycles. The first-order valence-corrected chi connectivity index (χ1v) is 11.3. The van der Waals surface area contributed by atoms with Crippen molar-refractivity contribution >= 4 is 50.5 Å². The standard InChI is InChI=1S/C25H23N3OS2/c1-15(2)17-10-12-18(13-11-17)23(29)28-25(30)27-21-14-19(9-8-16(21)3)24-26-20-6-4-5-7-22(20)31-24/h4-15H,1-3H3,(H2,27,28,29,30). The van der Waals surface area contributed by atoms with Crippen molar-refractivity contribution in [2.24, 2.45) is 0 Å². The summed E-state index contributed by atoms with van der Waals surface area (Å²) in [7, 11) is 0. The number of rotatable bonds is 4. The van der Waals surface area contributed by atoms with E-state index in [1.165, 1.54) is 5.56 Å². The summed E-state index contributed by atoms with van der Waals surface area (Å²) in [6.07, 6.45) is 0. The summed E-state index contributed by atoms with van der Waals surface area (Å²) in [5.41, 5.74) is 5.64. The van der Waals surface area contributed by atoms with Gasteiger partial charge in [-0.1, -0.05) is 50.2 Å². The zero-order chi connectivity index (χ0) is 22.0. The van der Waals surface area contributed by atoms with Gasteiger partial charge in [0, 0.05) is 16.8 Å². The average molecular weight is 446 g/mol. The third-order valence-electron chi connectivity index (χ3n) is 5.09. The number of hydrogen-bond donors (Lipinski definition) is 2. The number of carbonyl (C=O) groups is 1. The van der Waals surface area contributed by atoms with Gasteiger partial charge in [0.15, 0.2) is 5.11 Å². The highest BCUT2D eigenvalue weighted by atomic mass is 32.1. The Kier molecular flexibility index (Phi) is 6.11. The number of para-hydroxylation sites is 1. The second kappa shape index (κ2) is 8.96. The Bertz CT molecular complexity index is 1230. The topological polar surface area (TPSA) is 54.0 Å². The predicted molar refractivity (Wildman–Crippen MR) is 134 cm³/mol. The first kappa shape index (κ1) is 21.2. The van der Waals surface area contributed by atoms with E-state index >= 15 is 0 Å². The zero-order valence-electron chi connectivity index (χ0n) is 17.6. The first-order chi connectivity index (χ1) is 14.9. The fraction of sp³-hybridized carbons (Fsp3) is 0.160. The number of amides is 1. The quantitative estimate of drug-likeness (QED) is 0.351. The number of benzene rings is 3. The van der Waals surface area contributed by atoms with Gasteiger partial charge in [-0.2, -0.15) is 0 Å². The number of nitrogens with one attached hydrogen (secondary N) is 2. The van der Waals surface area contributed by atoms with Gasteiger partial charge in [-0.05, 0) is 66.5 Å². The van der Waals surface area contributed by atoms with E-state index in [2.05, 4.69) is 36.6 Å². The summed E-state index contributed by atoms with van der Waals surface area (Å²) in [5, 5.41) is 7.15. The number of thiocarbonyl (C=S) groups is 1. The maximum Gasteiger partial charge on any atom is 0.257 e. The van der Waals surface area contributed by atoms with Crippen molar-refractivity contribution < 1.29 is 4.79 Å². The fourth-order valence-electron chi connectivity index (χ4n) is 3.23. The molecule has 1 amide bonds. The van der Waals surface area contributed by atoms with Gasteiger partial charge in [0.05, 0.1) is 10.2 Å². The number of nitrogens with zero attached hydrogens (tertiary/aromatic N) is 1. The normalized spacial score (nSPS) is 11.0. The molecule has 0 atom stereocenters. The van der Waals surface area contributed by atoms with Crippen LogP contribution in [0.3, 0.4) is 0 Å². The second-order valence-corrected chi connectivity index (χ2v) is 9.14. The van der Waals surface area contributed by atoms with E-state index < -0.39 is 0 Å². The van der Waals surface area contributed by atoms with Gasteiger partial charge in [0.25, 0.3) is 5.91 Å². The molecule has 31 heavy (non-hydrogen) atoms. The minimum atomic E-state index is -0.229. The molecule has 3 aromatic carbocycles. The Balaban J connectivity index is 1.48. The maximum absolute atomic E-state index is 12.6. The molecule has 0 fully saturated rings. The summed E-state index contributed by atoms with van der Waals surface area (Å²) < 4.78 is 1.15. The van der Waals surface area contributed by atoms with E-state index in [-0.39, 0.29) is 11.0 Å². The molecular weight excluding hydrogens is 422 g/mol. The molecule has 0 aliphatic rings. The molecule has 0 radical (unpaired) electrons. The third-order valence-corrected chi connectivity index (χ3v) is 6.38. The van der Waals surface area contributed by atoms with Crippen LogP contribution in [0.2, 0.25) is 0 Å². The number of anilines is 1. The van der Waals surface area contributed by atoms with E-state index in [9.17, 15) is 4.79 Å². The molecule has 4 aromatic rings. The molecular formula is C25H23N3OS2. The van der Waals surface area contributed by atoms with Crippen LogP contribution in [0.4, 0.5) is 5.69 Å². The zero-order valence-corrected chi connectivity index (χ0v) is 19.2. The highest BCUT2D eigenvalue weighted by molar-refractivity contribution is 7.80. The van der Waals surface area contributed by atoms with Gasteiger partial charge in [-0.15, -0.1) is 11.3 Å². The summed E-state index contributed by atoms with van der Waals surface area (Å²) in [4.78, 5) is 17.3. The van der Waals surface area contributed by atoms with Crippen LogP contribution in [0.25, 0.3) is 20.8 Å². The molecule has 0 spiro atoms. The summed E-state index contributed by atoms with van der Waals surface area (Å²) in [5.74, 6) is 0.193. The molecule has 0 saturated carbocycles. The minimum absolute atomic E-state index is 0.229. The van der Waals surface area contributed by atoms with E-state index in [4.69, 9.17) is 17.2 Å². The van der Waals surface area contributed by atoms with Crippen LogP contribution in [-0.4, -0.2) is 16.0 Å². The van der Waals surface area contributed by atoms with Crippen LogP contribution < -0.4 is 10.6 Å². The van der Waals surface area contributed by atoms with Crippen LogP contribution >= 0.6 is 23.6 Å². The minimum Gasteiger partial charge on any atom is -0.332 e. The maximum atomic E-state index is 12.6. The predicted octanol–water partition coefficient (Wildman–Crippen LogP) is 6.52. The van der Waals surface area contributed by atoms with Crippen molar-refractivity contribution in [3.05, 3.63) is 83.4 Å². The van der Waals surface area contributed by atoms with Crippen molar-refractivity contribution in [1.82, 2.24) is 10.3 Å². The summed E-state index contributed by atoms with van der Waals surface area (Å²) in [6, 6.07) is 21.8. The smallest absolute Gasteiger partial charge is 0.257 e. The molecule has 6 heteroatoms. The lowest BCUT2D eigenvalue weighted by atomic mass is 10.0. The van der Waals surface area contributed by atoms with Crippen molar-refractivity contribution in [3.8, 4) is 10.6 Å². The van der Waals surface area contributed by atoms with Crippen LogP contribution in [-0.2, 0) is 0 Å². The van der Waals surface area contributed by atoms with E-state index in [1.54, 1.807) is 11.3 Å². The Morgan fingerprint density at radius 3 is 2.48 bits per heavy atom. The summed E-state index contributed by atoms with van der Waals surface area (Å²) >= 11 is 7.05. The molecule has 0 aliphatic heterocycles. The molecule has 0 aliphatic carbocycles. The van der Waals surface area contributed by atoms with Gasteiger partial charge in [0.1, 0.15) is 5.01 Å². The number of aryl methyl sites for hydroxylation is 1. The van der Waals surface area contributed by atoms with Gasteiger partial charge in [-0.25, -0.2) is 4.98 Å². The highest BCUT2D eigenvalue weighted by Crippen LogP contribution is 2.32. The largest absolute Gasteiger partial charge is 0.332 e. The van der Waals surface area contributed by atoms with Crippen molar-refractivity contribution in [2.45, 2.75) is 26.7 Å². The Labute approximate surface area is 191 Å². The van der Waals surface area contributed by atoms with Gasteiger partial charge in [-0.3, -0.25) is 10.1 Å². The molecule has 1 aromatic heterocycles. The molecule has 2 N–H and O–H groups in total. The monoisotopic (exact) mass is 445 g/mol. The van der Waals surface area contributed by atoms with E-state index in [0.29, 0.717) is 11.5 Å². The van der Waals surface area contributed by atoms with Crippen LogP contribution in [0.1, 0.15) is 41.3 Å². The second-order valence-electron chi connectivity index (χ2n) is 7.70. The number of thiazole rings is 1.